The molecule has 0 radical (unpaired) electrons. The summed E-state index contributed by atoms with van der Waals surface area (Å²) in [7, 11) is -3.29. The molecule has 1 aromatic carbocycles. The van der Waals surface area contributed by atoms with Crippen LogP contribution >= 0.6 is 0 Å². The summed E-state index contributed by atoms with van der Waals surface area (Å²) >= 11 is 0. The number of anilines is 1. The van der Waals surface area contributed by atoms with E-state index in [1.807, 2.05) is 0 Å². The third kappa shape index (κ3) is 4.74. The number of carbonyl (C=O) groups is 1. The van der Waals surface area contributed by atoms with Crippen molar-refractivity contribution in [2.75, 3.05) is 11.6 Å². The van der Waals surface area contributed by atoms with E-state index in [1.54, 1.807) is 5.32 Å². The first kappa shape index (κ1) is 14.5. The minimum atomic E-state index is -4.98. The minimum Gasteiger partial charge on any atom is -0.318 e. The first-order valence-electron chi connectivity index (χ1n) is 4.73. The van der Waals surface area contributed by atoms with Crippen LogP contribution in [0.25, 0.3) is 0 Å². The zero-order chi connectivity index (χ0) is 14.0. The van der Waals surface area contributed by atoms with Crippen molar-refractivity contribution >= 4 is 21.4 Å². The van der Waals surface area contributed by atoms with Gasteiger partial charge in [-0.1, -0.05) is 12.1 Å². The zero-order valence-electron chi connectivity index (χ0n) is 9.28. The van der Waals surface area contributed by atoms with Crippen molar-refractivity contribution in [2.24, 2.45) is 0 Å². The molecule has 18 heavy (non-hydrogen) atoms. The van der Waals surface area contributed by atoms with Gasteiger partial charge in [-0.15, -0.1) is 0 Å². The molecule has 4 nitrogen and oxygen atoms in total. The van der Waals surface area contributed by atoms with Crippen LogP contribution in [0.1, 0.15) is 5.56 Å². The van der Waals surface area contributed by atoms with E-state index in [2.05, 4.69) is 0 Å². The van der Waals surface area contributed by atoms with Crippen LogP contribution in [0.5, 0.6) is 0 Å². The van der Waals surface area contributed by atoms with Crippen LogP contribution in [-0.2, 0) is 20.4 Å². The topological polar surface area (TPSA) is 63.2 Å². The first-order chi connectivity index (χ1) is 8.08. The average molecular weight is 281 g/mol. The van der Waals surface area contributed by atoms with Gasteiger partial charge in [-0.2, -0.15) is 13.2 Å². The number of amides is 1. The van der Waals surface area contributed by atoms with E-state index in [4.69, 9.17) is 0 Å². The summed E-state index contributed by atoms with van der Waals surface area (Å²) in [6, 6.07) is 5.25. The lowest BCUT2D eigenvalue weighted by atomic mass is 10.2. The summed E-state index contributed by atoms with van der Waals surface area (Å²) in [6.45, 7) is 0. The number of nitrogens with one attached hydrogen (secondary N) is 1. The maximum atomic E-state index is 12.0. The van der Waals surface area contributed by atoms with E-state index in [9.17, 15) is 26.4 Å². The van der Waals surface area contributed by atoms with Crippen LogP contribution in [0.15, 0.2) is 24.3 Å². The molecule has 1 N–H and O–H groups in total. The van der Waals surface area contributed by atoms with Crippen LogP contribution in [0.4, 0.5) is 18.9 Å². The van der Waals surface area contributed by atoms with Crippen LogP contribution in [0.3, 0.4) is 0 Å². The van der Waals surface area contributed by atoms with E-state index in [0.717, 1.165) is 6.26 Å². The first-order valence-corrected chi connectivity index (χ1v) is 6.79. The van der Waals surface area contributed by atoms with Gasteiger partial charge in [0.2, 0.25) is 0 Å². The van der Waals surface area contributed by atoms with Crippen LogP contribution < -0.4 is 5.32 Å². The quantitative estimate of drug-likeness (QED) is 0.917. The number of hydrogen-bond donors (Lipinski definition) is 1. The van der Waals surface area contributed by atoms with Gasteiger partial charge >= 0.3 is 12.1 Å². The molecule has 100 valence electrons. The molecule has 0 aliphatic rings. The highest BCUT2D eigenvalue weighted by Crippen LogP contribution is 2.19. The molecular weight excluding hydrogens is 271 g/mol. The van der Waals surface area contributed by atoms with Crippen molar-refractivity contribution in [1.29, 1.82) is 0 Å². The van der Waals surface area contributed by atoms with E-state index in [0.29, 0.717) is 5.56 Å². The highest BCUT2D eigenvalue weighted by Gasteiger charge is 2.38. The second-order valence-corrected chi connectivity index (χ2v) is 5.86. The summed E-state index contributed by atoms with van der Waals surface area (Å²) < 4.78 is 58.0. The molecule has 0 atom stereocenters. The number of rotatable bonds is 3. The van der Waals surface area contributed by atoms with Crippen LogP contribution in [0, 0.1) is 0 Å². The molecule has 0 fully saturated rings. The molecule has 0 aliphatic carbocycles. The van der Waals surface area contributed by atoms with Gasteiger partial charge in [-0.25, -0.2) is 8.42 Å². The molecular formula is C10H10F3NO3S. The molecule has 8 heteroatoms. The van der Waals surface area contributed by atoms with Crippen LogP contribution in [-0.4, -0.2) is 26.8 Å². The number of sulfone groups is 1. The number of hydrogen-bond acceptors (Lipinski definition) is 3. The second-order valence-electron chi connectivity index (χ2n) is 3.72. The molecule has 0 saturated carbocycles. The lowest BCUT2D eigenvalue weighted by Crippen LogP contribution is -2.29. The molecule has 0 bridgehead atoms. The fourth-order valence-corrected chi connectivity index (χ4v) is 2.03. The van der Waals surface area contributed by atoms with Crippen molar-refractivity contribution in [3.05, 3.63) is 29.8 Å². The maximum absolute atomic E-state index is 12.0. The van der Waals surface area contributed by atoms with Gasteiger partial charge in [-0.3, -0.25) is 4.79 Å². The van der Waals surface area contributed by atoms with Crippen molar-refractivity contribution in [1.82, 2.24) is 0 Å². The number of alkyl halides is 3. The predicted octanol–water partition coefficient (Wildman–Crippen LogP) is 1.73. The SMILES string of the molecule is CS(=O)(=O)Cc1cccc(NC(=O)C(F)(F)F)c1. The van der Waals surface area contributed by atoms with Gasteiger partial charge in [0.15, 0.2) is 9.84 Å². The Hall–Kier alpha value is -1.57. The largest absolute Gasteiger partial charge is 0.471 e. The summed E-state index contributed by atoms with van der Waals surface area (Å²) in [4.78, 5) is 10.7. The monoisotopic (exact) mass is 281 g/mol. The fourth-order valence-electron chi connectivity index (χ4n) is 1.24. The number of halogens is 3. The molecule has 0 saturated heterocycles. The Morgan fingerprint density at radius 3 is 2.44 bits per heavy atom. The van der Waals surface area contributed by atoms with Gasteiger partial charge in [-0.05, 0) is 17.7 Å². The molecule has 1 aromatic rings. The Balaban J connectivity index is 2.87. The average Bonchev–Trinajstić information content (AvgIpc) is 2.13. The Kier molecular flexibility index (Phi) is 4.00. The predicted molar refractivity (Wildman–Crippen MR) is 59.7 cm³/mol. The normalized spacial score (nSPS) is 12.2. The van der Waals surface area contributed by atoms with Gasteiger partial charge in [0.25, 0.3) is 0 Å². The van der Waals surface area contributed by atoms with Gasteiger partial charge in [0.1, 0.15) is 0 Å². The highest BCUT2D eigenvalue weighted by molar-refractivity contribution is 7.89. The third-order valence-corrected chi connectivity index (χ3v) is 2.73. The van der Waals surface area contributed by atoms with E-state index in [1.165, 1.54) is 24.3 Å². The molecule has 0 unspecified atom stereocenters. The van der Waals surface area contributed by atoms with Crippen molar-refractivity contribution in [3.8, 4) is 0 Å². The van der Waals surface area contributed by atoms with Crippen molar-refractivity contribution < 1.29 is 26.4 Å². The number of benzene rings is 1. The lowest BCUT2D eigenvalue weighted by Gasteiger charge is -2.09. The molecule has 0 spiro atoms. The van der Waals surface area contributed by atoms with E-state index in [-0.39, 0.29) is 11.4 Å². The zero-order valence-corrected chi connectivity index (χ0v) is 10.1. The van der Waals surface area contributed by atoms with Gasteiger partial charge in [0.05, 0.1) is 5.75 Å². The standard InChI is InChI=1S/C10H10F3NO3S/c1-18(16,17)6-7-3-2-4-8(5-7)14-9(15)10(11,12)13/h2-5H,6H2,1H3,(H,14,15). The fraction of sp³-hybridized carbons (Fsp3) is 0.300. The van der Waals surface area contributed by atoms with E-state index < -0.39 is 21.9 Å². The Labute approximate surface area is 102 Å². The molecule has 1 rings (SSSR count). The number of carbonyl (C=O) groups excluding carboxylic acids is 1. The third-order valence-electron chi connectivity index (χ3n) is 1.87. The van der Waals surface area contributed by atoms with Crippen LogP contribution in [0.2, 0.25) is 0 Å². The lowest BCUT2D eigenvalue weighted by molar-refractivity contribution is -0.167. The highest BCUT2D eigenvalue weighted by atomic mass is 32.2. The summed E-state index contributed by atoms with van der Waals surface area (Å²) in [5, 5.41) is 1.65. The van der Waals surface area contributed by atoms with E-state index >= 15 is 0 Å². The summed E-state index contributed by atoms with van der Waals surface area (Å²) in [5.41, 5.74) is 0.205. The second kappa shape index (κ2) is 4.97. The minimum absolute atomic E-state index is 0.0986. The van der Waals surface area contributed by atoms with Gasteiger partial charge < -0.3 is 5.32 Å². The maximum Gasteiger partial charge on any atom is 0.471 e. The summed E-state index contributed by atoms with van der Waals surface area (Å²) in [6.07, 6.45) is -3.97. The molecule has 0 aromatic heterocycles. The Bertz CT molecular complexity index is 552. The summed E-state index contributed by atoms with van der Waals surface area (Å²) in [5.74, 6) is -2.40. The molecule has 0 aliphatic heterocycles. The molecule has 0 heterocycles. The van der Waals surface area contributed by atoms with Gasteiger partial charge in [0, 0.05) is 11.9 Å². The van der Waals surface area contributed by atoms with Crippen molar-refractivity contribution in [2.45, 2.75) is 11.9 Å². The molecule has 1 amide bonds. The van der Waals surface area contributed by atoms with Crippen molar-refractivity contribution in [3.63, 3.8) is 0 Å². The Morgan fingerprint density at radius 2 is 1.94 bits per heavy atom. The Morgan fingerprint density at radius 1 is 1.33 bits per heavy atom. The smallest absolute Gasteiger partial charge is 0.318 e.